The number of methoxy groups -OCH3 is 1. The van der Waals surface area contributed by atoms with E-state index >= 15 is 0 Å². The lowest BCUT2D eigenvalue weighted by atomic mass is 9.74. The third kappa shape index (κ3) is 3.10. The van der Waals surface area contributed by atoms with Crippen molar-refractivity contribution >= 4 is 28.5 Å². The smallest absolute Gasteiger partial charge is 0.228 e. The predicted molar refractivity (Wildman–Crippen MR) is 111 cm³/mol. The number of amides is 1. The van der Waals surface area contributed by atoms with Crippen LogP contribution in [0.15, 0.2) is 30.9 Å². The van der Waals surface area contributed by atoms with Crippen LogP contribution in [-0.4, -0.2) is 54.1 Å². The second-order valence-electron chi connectivity index (χ2n) is 7.95. The average Bonchev–Trinajstić information content (AvgIpc) is 3.31. The third-order valence-corrected chi connectivity index (χ3v) is 5.49. The minimum absolute atomic E-state index is 0.0153. The largest absolute Gasteiger partial charge is 0.480 e. The molecule has 1 amide bonds. The summed E-state index contributed by atoms with van der Waals surface area (Å²) in [6.45, 7) is 3.58. The van der Waals surface area contributed by atoms with Crippen LogP contribution in [0.1, 0.15) is 26.7 Å². The molecule has 0 atom stereocenters. The topological polar surface area (TPSA) is 122 Å². The number of nitrogens with one attached hydrogen (secondary N) is 3. The first kappa shape index (κ1) is 18.3. The van der Waals surface area contributed by atoms with E-state index in [4.69, 9.17) is 4.74 Å². The number of nitrogens with zero attached hydrogens (tertiary/aromatic N) is 5. The second-order valence-corrected chi connectivity index (χ2v) is 7.95. The molecule has 0 spiro atoms. The standard InChI is InChI=1S/C20H22N8O2/c1-11(29)27-20(2)7-13(8-20)24-19-25-17-16(18(26-19)30-3)14(9-21-17)12-4-5-28-15(6-12)22-10-23-28/h4-6,9-10,13H,7-8H2,1-3H3,(H,27,29)(H2,21,24,25,26). The Morgan fingerprint density at radius 1 is 1.37 bits per heavy atom. The fourth-order valence-electron chi connectivity index (χ4n) is 4.26. The molecule has 4 aromatic heterocycles. The number of pyridine rings is 1. The number of aromatic nitrogens is 6. The summed E-state index contributed by atoms with van der Waals surface area (Å²) in [7, 11) is 1.60. The summed E-state index contributed by atoms with van der Waals surface area (Å²) >= 11 is 0. The van der Waals surface area contributed by atoms with Gasteiger partial charge in [0.2, 0.25) is 17.7 Å². The average molecular weight is 406 g/mol. The van der Waals surface area contributed by atoms with Gasteiger partial charge in [-0.3, -0.25) is 4.79 Å². The van der Waals surface area contributed by atoms with Gasteiger partial charge in [0.05, 0.1) is 12.5 Å². The number of fused-ring (bicyclic) bond motifs is 2. The number of H-pyrrole nitrogens is 1. The van der Waals surface area contributed by atoms with Crippen molar-refractivity contribution in [2.45, 2.75) is 38.3 Å². The minimum atomic E-state index is -0.183. The van der Waals surface area contributed by atoms with E-state index in [2.05, 4.69) is 35.7 Å². The summed E-state index contributed by atoms with van der Waals surface area (Å²) in [5.74, 6) is 0.970. The molecule has 0 unspecified atom stereocenters. The number of carbonyl (C=O) groups excluding carboxylic acids is 1. The highest BCUT2D eigenvalue weighted by Gasteiger charge is 2.41. The summed E-state index contributed by atoms with van der Waals surface area (Å²) in [6, 6.07) is 4.11. The van der Waals surface area contributed by atoms with E-state index in [1.165, 1.54) is 13.3 Å². The number of ether oxygens (including phenoxy) is 1. The van der Waals surface area contributed by atoms with Crippen molar-refractivity contribution < 1.29 is 9.53 Å². The Balaban J connectivity index is 1.44. The Kier molecular flexibility index (Phi) is 4.09. The van der Waals surface area contributed by atoms with Crippen molar-refractivity contribution in [3.05, 3.63) is 30.9 Å². The van der Waals surface area contributed by atoms with Crippen molar-refractivity contribution in [3.63, 3.8) is 0 Å². The molecular formula is C20H22N8O2. The first-order valence-corrected chi connectivity index (χ1v) is 9.72. The van der Waals surface area contributed by atoms with Gasteiger partial charge in [-0.15, -0.1) is 0 Å². The predicted octanol–water partition coefficient (Wildman–Crippen LogP) is 2.15. The Labute approximate surface area is 172 Å². The van der Waals surface area contributed by atoms with Gasteiger partial charge >= 0.3 is 0 Å². The Bertz CT molecular complexity index is 1250. The SMILES string of the molecule is COc1nc(NC2CC(C)(NC(C)=O)C2)nc2[nH]cc(-c3ccn4ncnc4c3)c12. The number of hydrogen-bond donors (Lipinski definition) is 3. The van der Waals surface area contributed by atoms with Crippen LogP contribution in [0, 0.1) is 0 Å². The maximum Gasteiger partial charge on any atom is 0.228 e. The zero-order chi connectivity index (χ0) is 20.9. The van der Waals surface area contributed by atoms with Crippen LogP contribution in [-0.2, 0) is 4.79 Å². The molecule has 0 saturated heterocycles. The van der Waals surface area contributed by atoms with Gasteiger partial charge in [-0.05, 0) is 37.5 Å². The van der Waals surface area contributed by atoms with Gasteiger partial charge in [-0.25, -0.2) is 9.50 Å². The van der Waals surface area contributed by atoms with Crippen LogP contribution in [0.4, 0.5) is 5.95 Å². The quantitative estimate of drug-likeness (QED) is 0.464. The van der Waals surface area contributed by atoms with Gasteiger partial charge in [0.1, 0.15) is 12.0 Å². The molecular weight excluding hydrogens is 384 g/mol. The number of rotatable bonds is 5. The van der Waals surface area contributed by atoms with E-state index in [9.17, 15) is 4.79 Å². The van der Waals surface area contributed by atoms with Gasteiger partial charge in [0, 0.05) is 36.5 Å². The molecule has 10 heteroatoms. The van der Waals surface area contributed by atoms with Gasteiger partial charge in [0.15, 0.2) is 5.65 Å². The van der Waals surface area contributed by atoms with Gasteiger partial charge in [-0.2, -0.15) is 15.1 Å². The molecule has 10 nitrogen and oxygen atoms in total. The van der Waals surface area contributed by atoms with Crippen LogP contribution in [0.3, 0.4) is 0 Å². The molecule has 1 saturated carbocycles. The molecule has 1 aliphatic rings. The van der Waals surface area contributed by atoms with Crippen LogP contribution in [0.25, 0.3) is 27.8 Å². The highest BCUT2D eigenvalue weighted by molar-refractivity contribution is 5.98. The fourth-order valence-corrected chi connectivity index (χ4v) is 4.26. The van der Waals surface area contributed by atoms with Gasteiger partial charge < -0.3 is 20.4 Å². The molecule has 1 aliphatic carbocycles. The van der Waals surface area contributed by atoms with Crippen molar-refractivity contribution in [1.82, 2.24) is 34.9 Å². The van der Waals surface area contributed by atoms with Crippen LogP contribution in [0.5, 0.6) is 5.88 Å². The monoisotopic (exact) mass is 406 g/mol. The van der Waals surface area contributed by atoms with Crippen molar-refractivity contribution in [2.24, 2.45) is 0 Å². The zero-order valence-electron chi connectivity index (χ0n) is 16.9. The number of anilines is 1. The number of carbonyl (C=O) groups is 1. The molecule has 0 bridgehead atoms. The van der Waals surface area contributed by atoms with Gasteiger partial charge in [-0.1, -0.05) is 0 Å². The second kappa shape index (κ2) is 6.68. The molecule has 30 heavy (non-hydrogen) atoms. The zero-order valence-corrected chi connectivity index (χ0v) is 16.9. The van der Waals surface area contributed by atoms with E-state index in [0.717, 1.165) is 35.0 Å². The summed E-state index contributed by atoms with van der Waals surface area (Å²) in [5.41, 5.74) is 3.16. The molecule has 0 radical (unpaired) electrons. The lowest BCUT2D eigenvalue weighted by Crippen LogP contribution is -2.59. The highest BCUT2D eigenvalue weighted by atomic mass is 16.5. The van der Waals surface area contributed by atoms with Gasteiger partial charge in [0.25, 0.3) is 0 Å². The molecule has 0 aromatic carbocycles. The lowest BCUT2D eigenvalue weighted by Gasteiger charge is -2.45. The van der Waals surface area contributed by atoms with E-state index in [0.29, 0.717) is 17.5 Å². The maximum absolute atomic E-state index is 11.3. The summed E-state index contributed by atoms with van der Waals surface area (Å²) < 4.78 is 7.30. The molecule has 4 aromatic rings. The molecule has 4 heterocycles. The first-order valence-electron chi connectivity index (χ1n) is 9.72. The van der Waals surface area contributed by atoms with Crippen molar-refractivity contribution in [2.75, 3.05) is 12.4 Å². The van der Waals surface area contributed by atoms with Crippen molar-refractivity contribution in [3.8, 4) is 17.0 Å². The summed E-state index contributed by atoms with van der Waals surface area (Å²) in [4.78, 5) is 28.0. The van der Waals surface area contributed by atoms with Crippen molar-refractivity contribution in [1.29, 1.82) is 0 Å². The van der Waals surface area contributed by atoms with E-state index in [-0.39, 0.29) is 17.5 Å². The molecule has 1 fully saturated rings. The Hall–Kier alpha value is -3.69. The summed E-state index contributed by atoms with van der Waals surface area (Å²) in [6.07, 6.45) is 6.90. The number of hydrogen-bond acceptors (Lipinski definition) is 7. The molecule has 154 valence electrons. The van der Waals surface area contributed by atoms with E-state index in [1.807, 2.05) is 31.5 Å². The van der Waals surface area contributed by atoms with Crippen LogP contribution in [0.2, 0.25) is 0 Å². The van der Waals surface area contributed by atoms with E-state index < -0.39 is 0 Å². The lowest BCUT2D eigenvalue weighted by molar-refractivity contribution is -0.121. The van der Waals surface area contributed by atoms with E-state index in [1.54, 1.807) is 11.6 Å². The maximum atomic E-state index is 11.3. The normalized spacial score (nSPS) is 20.8. The molecule has 0 aliphatic heterocycles. The highest BCUT2D eigenvalue weighted by Crippen LogP contribution is 2.37. The Morgan fingerprint density at radius 2 is 2.20 bits per heavy atom. The third-order valence-electron chi connectivity index (χ3n) is 5.49. The molecule has 3 N–H and O–H groups in total. The fraction of sp³-hybridized carbons (Fsp3) is 0.350. The summed E-state index contributed by atoms with van der Waals surface area (Å²) in [5, 5.41) is 11.3. The minimum Gasteiger partial charge on any atom is -0.480 e. The van der Waals surface area contributed by atoms with Crippen LogP contribution >= 0.6 is 0 Å². The number of aromatic amines is 1. The van der Waals surface area contributed by atoms with Crippen LogP contribution < -0.4 is 15.4 Å². The Morgan fingerprint density at radius 3 is 2.97 bits per heavy atom. The molecule has 5 rings (SSSR count). The first-order chi connectivity index (χ1) is 14.4.